The normalized spacial score (nSPS) is 16.5. The van der Waals surface area contributed by atoms with Gasteiger partial charge in [0.15, 0.2) is 0 Å². The maximum absolute atomic E-state index is 12.7. The molecule has 0 radical (unpaired) electrons. The van der Waals surface area contributed by atoms with Gasteiger partial charge in [0.25, 0.3) is 0 Å². The van der Waals surface area contributed by atoms with Crippen molar-refractivity contribution < 1.29 is 19.0 Å². The number of rotatable bonds is 9. The maximum atomic E-state index is 12.7. The van der Waals surface area contributed by atoms with Crippen LogP contribution in [0.1, 0.15) is 36.3 Å². The Hall–Kier alpha value is -1.59. The molecule has 0 aliphatic heterocycles. The molecule has 1 aromatic rings. The Morgan fingerprint density at radius 1 is 1.17 bits per heavy atom. The fraction of sp³-hybridized carbons (Fsp3) is 0.632. The molecule has 1 atom stereocenters. The van der Waals surface area contributed by atoms with Gasteiger partial charge < -0.3 is 19.1 Å². The zero-order chi connectivity index (χ0) is 17.4. The Bertz CT molecular complexity index is 524. The van der Waals surface area contributed by atoms with E-state index in [1.54, 1.807) is 21.3 Å². The highest BCUT2D eigenvalue weighted by molar-refractivity contribution is 5.77. The second-order valence-corrected chi connectivity index (χ2v) is 6.22. The number of hydrogen-bond donors (Lipinski definition) is 0. The monoisotopic (exact) mass is 335 g/mol. The molecule has 0 aromatic heterocycles. The lowest BCUT2D eigenvalue weighted by molar-refractivity contribution is -0.133. The number of aryl methyl sites for hydroxylation is 1. The summed E-state index contributed by atoms with van der Waals surface area (Å²) in [6.07, 6.45) is 3.79. The number of carbonyl (C=O) groups is 1. The summed E-state index contributed by atoms with van der Waals surface area (Å²) in [6.45, 7) is 2.32. The van der Waals surface area contributed by atoms with Crippen molar-refractivity contribution in [1.82, 2.24) is 4.90 Å². The molecule has 0 heterocycles. The quantitative estimate of drug-likeness (QED) is 0.696. The van der Waals surface area contributed by atoms with E-state index in [0.717, 1.165) is 25.0 Å². The second-order valence-electron chi connectivity index (χ2n) is 6.22. The fourth-order valence-corrected chi connectivity index (χ4v) is 3.33. The second kappa shape index (κ2) is 9.64. The third-order valence-corrected chi connectivity index (χ3v) is 4.69. The summed E-state index contributed by atoms with van der Waals surface area (Å²) in [5.74, 6) is 1.36. The zero-order valence-electron chi connectivity index (χ0n) is 15.0. The first-order valence-electron chi connectivity index (χ1n) is 8.62. The van der Waals surface area contributed by atoms with Gasteiger partial charge in [-0.3, -0.25) is 4.79 Å². The number of amides is 1. The number of carbonyl (C=O) groups excluding carboxylic acids is 1. The molecule has 0 fully saturated rings. The molecule has 2 rings (SSSR count). The molecule has 0 saturated carbocycles. The maximum Gasteiger partial charge on any atom is 0.223 e. The molecule has 0 saturated heterocycles. The van der Waals surface area contributed by atoms with Crippen molar-refractivity contribution in [3.05, 3.63) is 29.3 Å². The molecule has 1 amide bonds. The average molecular weight is 335 g/mol. The van der Waals surface area contributed by atoms with Crippen LogP contribution in [0.15, 0.2) is 18.2 Å². The minimum absolute atomic E-state index is 0.178. The Labute approximate surface area is 144 Å². The van der Waals surface area contributed by atoms with Gasteiger partial charge in [-0.15, -0.1) is 0 Å². The van der Waals surface area contributed by atoms with Crippen molar-refractivity contribution >= 4 is 5.91 Å². The highest BCUT2D eigenvalue weighted by Crippen LogP contribution is 2.36. The molecular formula is C19H29NO4. The van der Waals surface area contributed by atoms with Crippen LogP contribution in [0.25, 0.3) is 0 Å². The van der Waals surface area contributed by atoms with Crippen LogP contribution in [-0.2, 0) is 20.7 Å². The fourth-order valence-electron chi connectivity index (χ4n) is 3.33. The molecule has 5 heteroatoms. The van der Waals surface area contributed by atoms with Crippen LogP contribution >= 0.6 is 0 Å². The van der Waals surface area contributed by atoms with Gasteiger partial charge in [-0.1, -0.05) is 6.07 Å². The summed E-state index contributed by atoms with van der Waals surface area (Å²) in [7, 11) is 5.00. The van der Waals surface area contributed by atoms with Gasteiger partial charge >= 0.3 is 0 Å². The SMILES string of the molecule is COCCN(CCOC)C(=O)CC1CCCc2cc(OC)ccc21. The molecule has 1 aliphatic carbocycles. The van der Waals surface area contributed by atoms with Crippen LogP contribution in [0, 0.1) is 0 Å². The number of benzene rings is 1. The van der Waals surface area contributed by atoms with E-state index in [2.05, 4.69) is 12.1 Å². The molecule has 24 heavy (non-hydrogen) atoms. The van der Waals surface area contributed by atoms with Crippen LogP contribution in [0.2, 0.25) is 0 Å². The highest BCUT2D eigenvalue weighted by atomic mass is 16.5. The minimum atomic E-state index is 0.178. The van der Waals surface area contributed by atoms with Crippen molar-refractivity contribution in [3.8, 4) is 5.75 Å². The first-order valence-corrected chi connectivity index (χ1v) is 8.62. The van der Waals surface area contributed by atoms with Crippen molar-refractivity contribution in [1.29, 1.82) is 0 Å². The van der Waals surface area contributed by atoms with Gasteiger partial charge in [0.1, 0.15) is 5.75 Å². The van der Waals surface area contributed by atoms with Gasteiger partial charge in [0.2, 0.25) is 5.91 Å². The first-order chi connectivity index (χ1) is 11.7. The molecule has 0 spiro atoms. The Balaban J connectivity index is 2.05. The lowest BCUT2D eigenvalue weighted by atomic mass is 9.80. The third kappa shape index (κ3) is 4.95. The van der Waals surface area contributed by atoms with E-state index in [0.29, 0.717) is 38.6 Å². The van der Waals surface area contributed by atoms with E-state index in [1.165, 1.54) is 11.1 Å². The molecule has 0 bridgehead atoms. The number of methoxy groups -OCH3 is 3. The standard InChI is InChI=1S/C19H29NO4/c1-22-11-9-20(10-12-23-2)19(21)14-16-6-4-5-15-13-17(24-3)7-8-18(15)16/h7-8,13,16H,4-6,9-12,14H2,1-3H3. The smallest absolute Gasteiger partial charge is 0.223 e. The minimum Gasteiger partial charge on any atom is -0.497 e. The lowest BCUT2D eigenvalue weighted by Crippen LogP contribution is -2.37. The number of nitrogens with zero attached hydrogens (tertiary/aromatic N) is 1. The topological polar surface area (TPSA) is 48.0 Å². The van der Waals surface area contributed by atoms with Crippen molar-refractivity contribution in [2.45, 2.75) is 31.6 Å². The number of fused-ring (bicyclic) bond motifs is 1. The lowest BCUT2D eigenvalue weighted by Gasteiger charge is -2.29. The van der Waals surface area contributed by atoms with Crippen molar-refractivity contribution in [2.75, 3.05) is 47.6 Å². The summed E-state index contributed by atoms with van der Waals surface area (Å²) in [5, 5.41) is 0. The van der Waals surface area contributed by atoms with Gasteiger partial charge in [0.05, 0.1) is 20.3 Å². The summed E-state index contributed by atoms with van der Waals surface area (Å²) >= 11 is 0. The van der Waals surface area contributed by atoms with E-state index in [1.807, 2.05) is 11.0 Å². The summed E-state index contributed by atoms with van der Waals surface area (Å²) < 4.78 is 15.6. The molecule has 1 unspecified atom stereocenters. The van der Waals surface area contributed by atoms with E-state index >= 15 is 0 Å². The van der Waals surface area contributed by atoms with E-state index in [4.69, 9.17) is 14.2 Å². The number of ether oxygens (including phenoxy) is 3. The van der Waals surface area contributed by atoms with Crippen molar-refractivity contribution in [2.24, 2.45) is 0 Å². The van der Waals surface area contributed by atoms with Crippen LogP contribution in [0.4, 0.5) is 0 Å². The summed E-state index contributed by atoms with van der Waals surface area (Å²) in [4.78, 5) is 14.6. The van der Waals surface area contributed by atoms with E-state index in [9.17, 15) is 4.79 Å². The van der Waals surface area contributed by atoms with Gasteiger partial charge in [-0.2, -0.15) is 0 Å². The summed E-state index contributed by atoms with van der Waals surface area (Å²) in [6, 6.07) is 6.23. The third-order valence-electron chi connectivity index (χ3n) is 4.69. The first kappa shape index (κ1) is 18.7. The Kier molecular flexibility index (Phi) is 7.53. The van der Waals surface area contributed by atoms with Crippen LogP contribution < -0.4 is 4.74 Å². The predicted molar refractivity (Wildman–Crippen MR) is 93.6 cm³/mol. The molecule has 0 N–H and O–H groups in total. The van der Waals surface area contributed by atoms with Gasteiger partial charge in [0, 0.05) is 33.7 Å². The van der Waals surface area contributed by atoms with E-state index < -0.39 is 0 Å². The molecule has 134 valence electrons. The zero-order valence-corrected chi connectivity index (χ0v) is 15.0. The van der Waals surface area contributed by atoms with E-state index in [-0.39, 0.29) is 5.91 Å². The molecule has 5 nitrogen and oxygen atoms in total. The molecular weight excluding hydrogens is 306 g/mol. The summed E-state index contributed by atoms with van der Waals surface area (Å²) in [5.41, 5.74) is 2.62. The molecule has 1 aromatic carbocycles. The van der Waals surface area contributed by atoms with Crippen LogP contribution in [-0.4, -0.2) is 58.4 Å². The van der Waals surface area contributed by atoms with Crippen LogP contribution in [0.3, 0.4) is 0 Å². The predicted octanol–water partition coefficient (Wildman–Crippen LogP) is 2.63. The highest BCUT2D eigenvalue weighted by Gasteiger charge is 2.25. The molecule has 1 aliphatic rings. The van der Waals surface area contributed by atoms with Crippen LogP contribution in [0.5, 0.6) is 5.75 Å². The van der Waals surface area contributed by atoms with Crippen molar-refractivity contribution in [3.63, 3.8) is 0 Å². The Morgan fingerprint density at radius 2 is 1.88 bits per heavy atom. The van der Waals surface area contributed by atoms with Gasteiger partial charge in [-0.25, -0.2) is 0 Å². The largest absolute Gasteiger partial charge is 0.497 e. The van der Waals surface area contributed by atoms with Gasteiger partial charge in [-0.05, 0) is 48.4 Å². The average Bonchev–Trinajstić information content (AvgIpc) is 2.61. The number of hydrogen-bond acceptors (Lipinski definition) is 4. The Morgan fingerprint density at radius 3 is 2.50 bits per heavy atom.